The van der Waals surface area contributed by atoms with Crippen LogP contribution in [0.2, 0.25) is 0 Å². The molecule has 0 amide bonds. The smallest absolute Gasteiger partial charge is 0.164 e. The molecule has 8 heteroatoms. The molecule has 2 bridgehead atoms. The maximum Gasteiger partial charge on any atom is 0.164 e. The molecule has 0 saturated carbocycles. The minimum absolute atomic E-state index is 0.0171. The average Bonchev–Trinajstić information content (AvgIpc) is 1.41. The van der Waals surface area contributed by atoms with Crippen molar-refractivity contribution in [1.82, 2.24) is 29.9 Å². The van der Waals surface area contributed by atoms with E-state index >= 15 is 0 Å². The van der Waals surface area contributed by atoms with Crippen LogP contribution in [0.5, 0.6) is 0 Å². The van der Waals surface area contributed by atoms with Gasteiger partial charge in [0.25, 0.3) is 0 Å². The molecule has 11 aromatic carbocycles. The van der Waals surface area contributed by atoms with Crippen LogP contribution in [-0.4, -0.2) is 29.9 Å². The third-order valence-corrected chi connectivity index (χ3v) is 16.6. The van der Waals surface area contributed by atoms with Crippen LogP contribution in [0.25, 0.3) is 134 Å². The third-order valence-electron chi connectivity index (χ3n) is 16.6. The van der Waals surface area contributed by atoms with Crippen molar-refractivity contribution in [2.45, 2.75) is 11.8 Å². The van der Waals surface area contributed by atoms with Crippen molar-refractivity contribution in [1.29, 1.82) is 0 Å². The molecule has 18 rings (SSSR count). The number of nitrogens with zero attached hydrogens (tertiary/aromatic N) is 6. The zero-order valence-corrected chi connectivity index (χ0v) is 43.9. The Morgan fingerprint density at radius 2 is 0.524 bits per heavy atom. The summed E-state index contributed by atoms with van der Waals surface area (Å²) >= 11 is 0. The molecule has 2 atom stereocenters. The van der Waals surface area contributed by atoms with Crippen LogP contribution in [-0.2, 0) is 0 Å². The van der Waals surface area contributed by atoms with Crippen molar-refractivity contribution >= 4 is 43.9 Å². The van der Waals surface area contributed by atoms with Gasteiger partial charge in [0.1, 0.15) is 22.3 Å². The maximum absolute atomic E-state index is 6.42. The van der Waals surface area contributed by atoms with Gasteiger partial charge >= 0.3 is 0 Å². The van der Waals surface area contributed by atoms with Crippen LogP contribution in [0, 0.1) is 0 Å². The van der Waals surface area contributed by atoms with Gasteiger partial charge in [-0.15, -0.1) is 0 Å². The largest absolute Gasteiger partial charge is 0.455 e. The van der Waals surface area contributed by atoms with Gasteiger partial charge in [-0.25, -0.2) is 29.9 Å². The lowest BCUT2D eigenvalue weighted by Crippen LogP contribution is -2.27. The van der Waals surface area contributed by atoms with E-state index in [1.165, 1.54) is 33.4 Å². The molecule has 0 saturated heterocycles. The van der Waals surface area contributed by atoms with E-state index in [2.05, 4.69) is 194 Å². The molecular weight excluding hydrogens is 1000 g/mol. The minimum atomic E-state index is -0.0171. The van der Waals surface area contributed by atoms with Crippen molar-refractivity contribution < 1.29 is 8.83 Å². The number of benzene rings is 11. The summed E-state index contributed by atoms with van der Waals surface area (Å²) in [6.45, 7) is 0. The van der Waals surface area contributed by atoms with Crippen molar-refractivity contribution in [3.8, 4) is 90.6 Å². The van der Waals surface area contributed by atoms with Gasteiger partial charge in [-0.1, -0.05) is 231 Å². The molecule has 15 aromatic rings. The van der Waals surface area contributed by atoms with Crippen molar-refractivity contribution in [3.05, 3.63) is 288 Å². The van der Waals surface area contributed by atoms with E-state index in [-0.39, 0.29) is 11.8 Å². The zero-order chi connectivity index (χ0) is 53.8. The molecule has 0 spiro atoms. The zero-order valence-electron chi connectivity index (χ0n) is 43.9. The first kappa shape index (κ1) is 46.0. The van der Waals surface area contributed by atoms with Gasteiger partial charge in [-0.2, -0.15) is 0 Å². The number of furan rings is 2. The highest BCUT2D eigenvalue weighted by Gasteiger charge is 2.41. The fourth-order valence-electron chi connectivity index (χ4n) is 12.7. The van der Waals surface area contributed by atoms with Crippen molar-refractivity contribution in [2.24, 2.45) is 0 Å². The molecular formula is C74H44N6O2. The summed E-state index contributed by atoms with van der Waals surface area (Å²) < 4.78 is 12.8. The number of hydrogen-bond donors (Lipinski definition) is 0. The second kappa shape index (κ2) is 18.3. The highest BCUT2D eigenvalue weighted by molar-refractivity contribution is 6.10. The standard InChI is InChI=1S/C74H44N6O2/c1-3-15-45(16-4-1)69-75-71(47-33-29-43(30-34-47)51-23-13-25-59-53-19-9-11-27-63(53)81-67(51)59)79-73(77-69)49-37-39-57-61(41-49)65-55-21-7-8-22-56(55)66(57)62-42-50(38-40-58(62)65)74-78-70(46-17-5-2-6-18-46)76-72(80-74)48-35-31-44(32-36-48)52-24-14-26-60-54-20-10-12-28-64(54)82-68(52)60/h1-42,65-66H. The summed E-state index contributed by atoms with van der Waals surface area (Å²) in [5.41, 5.74) is 20.8. The van der Waals surface area contributed by atoms with Crippen molar-refractivity contribution in [2.75, 3.05) is 0 Å². The summed E-state index contributed by atoms with van der Waals surface area (Å²) in [5.74, 6) is 3.64. The second-order valence-corrected chi connectivity index (χ2v) is 21.2. The summed E-state index contributed by atoms with van der Waals surface area (Å²) in [6, 6.07) is 88.8. The molecule has 0 fully saturated rings. The Labute approximate surface area is 470 Å². The highest BCUT2D eigenvalue weighted by atomic mass is 16.3. The van der Waals surface area contributed by atoms with Gasteiger partial charge in [-0.3, -0.25) is 0 Å². The fourth-order valence-corrected chi connectivity index (χ4v) is 12.7. The number of aromatic nitrogens is 6. The Balaban J connectivity index is 0.740. The molecule has 0 aliphatic heterocycles. The average molecular weight is 1050 g/mol. The molecule has 4 aromatic heterocycles. The molecule has 0 N–H and O–H groups in total. The lowest BCUT2D eigenvalue weighted by Gasteiger charge is -2.42. The van der Waals surface area contributed by atoms with Crippen LogP contribution in [0.15, 0.2) is 264 Å². The molecule has 3 aliphatic carbocycles. The normalized spacial score (nSPS) is 14.1. The molecule has 8 nitrogen and oxygen atoms in total. The van der Waals surface area contributed by atoms with E-state index in [0.717, 1.165) is 99.5 Å². The Bertz CT molecular complexity index is 4730. The molecule has 2 unspecified atom stereocenters. The van der Waals surface area contributed by atoms with Crippen LogP contribution >= 0.6 is 0 Å². The van der Waals surface area contributed by atoms with Gasteiger partial charge in [0.2, 0.25) is 0 Å². The van der Waals surface area contributed by atoms with E-state index in [4.69, 9.17) is 38.7 Å². The van der Waals surface area contributed by atoms with E-state index in [1.807, 2.05) is 60.7 Å². The first-order valence-electron chi connectivity index (χ1n) is 27.6. The number of para-hydroxylation sites is 4. The van der Waals surface area contributed by atoms with E-state index in [9.17, 15) is 0 Å². The van der Waals surface area contributed by atoms with Gasteiger partial charge < -0.3 is 8.83 Å². The predicted molar refractivity (Wildman–Crippen MR) is 326 cm³/mol. The summed E-state index contributed by atoms with van der Waals surface area (Å²) in [4.78, 5) is 31.1. The van der Waals surface area contributed by atoms with Crippen molar-refractivity contribution in [3.63, 3.8) is 0 Å². The SMILES string of the molecule is c1ccc(-c2nc(-c3ccc(-c4cccc5c4oc4ccccc45)cc3)nc(-c3ccc4c(c3)C3c5ccccc5C4c4cc(-c5nc(-c6ccccc6)nc(-c6ccc(-c7cccc8c7oc7ccccc78)cc6)n5)ccc43)n2)cc1. The lowest BCUT2D eigenvalue weighted by atomic mass is 9.61. The van der Waals surface area contributed by atoms with Gasteiger partial charge in [-0.05, 0) is 68.8 Å². The molecule has 382 valence electrons. The van der Waals surface area contributed by atoms with Crippen LogP contribution < -0.4 is 0 Å². The number of fused-ring (bicyclic) bond motifs is 6. The fraction of sp³-hybridized carbons (Fsp3) is 0.0270. The Kier molecular flexibility index (Phi) is 10.3. The summed E-state index contributed by atoms with van der Waals surface area (Å²) in [6.07, 6.45) is 0. The predicted octanol–water partition coefficient (Wildman–Crippen LogP) is 18.2. The molecule has 0 radical (unpaired) electrons. The Hall–Kier alpha value is -11.0. The monoisotopic (exact) mass is 1050 g/mol. The second-order valence-electron chi connectivity index (χ2n) is 21.2. The Morgan fingerprint density at radius 1 is 0.220 bits per heavy atom. The number of hydrogen-bond acceptors (Lipinski definition) is 8. The van der Waals surface area contributed by atoms with Gasteiger partial charge in [0.15, 0.2) is 34.9 Å². The van der Waals surface area contributed by atoms with Gasteiger partial charge in [0.05, 0.1) is 0 Å². The quantitative estimate of drug-likeness (QED) is 0.148. The van der Waals surface area contributed by atoms with Crippen LogP contribution in [0.4, 0.5) is 0 Å². The highest BCUT2D eigenvalue weighted by Crippen LogP contribution is 2.57. The van der Waals surface area contributed by atoms with E-state index in [0.29, 0.717) is 34.9 Å². The topological polar surface area (TPSA) is 104 Å². The number of rotatable bonds is 8. The van der Waals surface area contributed by atoms with Crippen LogP contribution in [0.1, 0.15) is 45.2 Å². The van der Waals surface area contributed by atoms with Gasteiger partial charge in [0, 0.05) is 77.9 Å². The summed E-state index contributed by atoms with van der Waals surface area (Å²) in [5, 5.41) is 4.41. The summed E-state index contributed by atoms with van der Waals surface area (Å²) in [7, 11) is 0. The molecule has 3 aliphatic rings. The molecule has 4 heterocycles. The first-order chi connectivity index (χ1) is 40.6. The van der Waals surface area contributed by atoms with E-state index in [1.54, 1.807) is 0 Å². The third kappa shape index (κ3) is 7.38. The first-order valence-corrected chi connectivity index (χ1v) is 27.6. The van der Waals surface area contributed by atoms with E-state index < -0.39 is 0 Å². The molecule has 82 heavy (non-hydrogen) atoms. The minimum Gasteiger partial charge on any atom is -0.455 e. The lowest BCUT2D eigenvalue weighted by molar-refractivity contribution is 0.669. The maximum atomic E-state index is 6.42. The van der Waals surface area contributed by atoms with Crippen LogP contribution in [0.3, 0.4) is 0 Å². The Morgan fingerprint density at radius 3 is 0.939 bits per heavy atom.